The van der Waals surface area contributed by atoms with Crippen LogP contribution in [-0.2, 0) is 29.0 Å². The maximum Gasteiger partial charge on any atom is 0.120 e. The van der Waals surface area contributed by atoms with Crippen LogP contribution in [0.5, 0.6) is 5.75 Å². The first kappa shape index (κ1) is 32.5. The highest BCUT2D eigenvalue weighted by atomic mass is 16.5. The van der Waals surface area contributed by atoms with Gasteiger partial charge in [-0.15, -0.1) is 0 Å². The third-order valence-electron chi connectivity index (χ3n) is 6.62. The van der Waals surface area contributed by atoms with Crippen LogP contribution in [-0.4, -0.2) is 26.7 Å². The van der Waals surface area contributed by atoms with Gasteiger partial charge in [0.15, 0.2) is 0 Å². The van der Waals surface area contributed by atoms with Crippen molar-refractivity contribution in [3.05, 3.63) is 65.2 Å². The van der Waals surface area contributed by atoms with Crippen molar-refractivity contribution in [2.45, 2.75) is 91.7 Å². The third kappa shape index (κ3) is 12.7. The van der Waals surface area contributed by atoms with E-state index in [1.807, 2.05) is 26.7 Å². The fourth-order valence-electron chi connectivity index (χ4n) is 4.21. The molecule has 0 saturated heterocycles. The second-order valence-corrected chi connectivity index (χ2v) is 9.22. The molecule has 2 aliphatic carbocycles. The molecule has 0 spiro atoms. The van der Waals surface area contributed by atoms with Crippen LogP contribution in [0.4, 0.5) is 0 Å². The molecule has 0 aromatic heterocycles. The van der Waals surface area contributed by atoms with E-state index >= 15 is 0 Å². The Kier molecular flexibility index (Phi) is 19.4. The fraction of sp³-hybridized carbons (Fsp3) is 0.548. The maximum absolute atomic E-state index is 8.00. The number of carbonyl (C=O) groups is 2. The first-order valence-electron chi connectivity index (χ1n) is 13.1. The summed E-state index contributed by atoms with van der Waals surface area (Å²) in [6, 6.07) is 17.9. The minimum atomic E-state index is 0.646. The lowest BCUT2D eigenvalue weighted by atomic mass is 9.86. The van der Waals surface area contributed by atoms with Gasteiger partial charge in [0.1, 0.15) is 25.9 Å². The zero-order valence-electron chi connectivity index (χ0n) is 22.9. The summed E-state index contributed by atoms with van der Waals surface area (Å²) in [5.41, 5.74) is 4.24. The molecule has 0 heterocycles. The van der Waals surface area contributed by atoms with Crippen LogP contribution in [0.3, 0.4) is 0 Å². The third-order valence-corrected chi connectivity index (χ3v) is 6.62. The van der Waals surface area contributed by atoms with Crippen molar-refractivity contribution in [3.63, 3.8) is 0 Å². The topological polar surface area (TPSA) is 55.4 Å². The average molecular weight is 484 g/mol. The molecule has 1 unspecified atom stereocenters. The number of aryl methyl sites for hydroxylation is 1. The Bertz CT molecular complexity index is 756. The first-order valence-corrected chi connectivity index (χ1v) is 13.1. The molecule has 4 heteroatoms. The van der Waals surface area contributed by atoms with Gasteiger partial charge < -0.3 is 19.6 Å². The van der Waals surface area contributed by atoms with E-state index in [0.29, 0.717) is 6.61 Å². The molecular weight excluding hydrogens is 434 g/mol. The number of rotatable bonds is 5. The summed E-state index contributed by atoms with van der Waals surface area (Å²) in [6.45, 7) is 13.6. The lowest BCUT2D eigenvalue weighted by molar-refractivity contribution is -0.0987. The Labute approximate surface area is 214 Å². The molecule has 0 amide bonds. The number of ether oxygens (including phenoxy) is 1. The minimum absolute atomic E-state index is 0.646. The highest BCUT2D eigenvalue weighted by Crippen LogP contribution is 2.32. The molecular formula is C31H49NO3. The molecule has 2 aromatic rings. The Hall–Kier alpha value is -2.46. The van der Waals surface area contributed by atoms with E-state index in [-0.39, 0.29) is 0 Å². The fourth-order valence-corrected chi connectivity index (χ4v) is 4.21. The SMILES string of the molecule is C=O.C=O.CCC.CC[C@H]1Cc2ccc(OCc3ccccc3)cc2CCC1C.CNC1CCC1. The predicted octanol–water partition coefficient (Wildman–Crippen LogP) is 7.22. The van der Waals surface area contributed by atoms with E-state index in [9.17, 15) is 0 Å². The highest BCUT2D eigenvalue weighted by molar-refractivity contribution is 5.37. The van der Waals surface area contributed by atoms with Crippen LogP contribution < -0.4 is 10.1 Å². The Morgan fingerprint density at radius 2 is 1.54 bits per heavy atom. The molecule has 2 aromatic carbocycles. The summed E-state index contributed by atoms with van der Waals surface area (Å²) < 4.78 is 5.98. The van der Waals surface area contributed by atoms with Gasteiger partial charge in [-0.1, -0.05) is 83.4 Å². The van der Waals surface area contributed by atoms with Gasteiger partial charge in [-0.2, -0.15) is 0 Å². The van der Waals surface area contributed by atoms with E-state index < -0.39 is 0 Å². The van der Waals surface area contributed by atoms with Gasteiger partial charge in [0.05, 0.1) is 0 Å². The van der Waals surface area contributed by atoms with E-state index in [2.05, 4.69) is 75.5 Å². The Morgan fingerprint density at radius 3 is 2.03 bits per heavy atom. The molecule has 35 heavy (non-hydrogen) atoms. The Balaban J connectivity index is 0.000000740. The van der Waals surface area contributed by atoms with Crippen molar-refractivity contribution in [3.8, 4) is 5.75 Å². The van der Waals surface area contributed by atoms with Gasteiger partial charge in [-0.05, 0) is 79.8 Å². The second-order valence-electron chi connectivity index (χ2n) is 9.22. The molecule has 2 aliphatic rings. The zero-order valence-corrected chi connectivity index (χ0v) is 22.9. The molecule has 1 fully saturated rings. The molecule has 1 saturated carbocycles. The predicted molar refractivity (Wildman–Crippen MR) is 149 cm³/mol. The van der Waals surface area contributed by atoms with Crippen LogP contribution in [0, 0.1) is 11.8 Å². The zero-order chi connectivity index (χ0) is 26.5. The summed E-state index contributed by atoms with van der Waals surface area (Å²) in [4.78, 5) is 16.0. The first-order chi connectivity index (χ1) is 17.1. The number of hydrogen-bond acceptors (Lipinski definition) is 4. The summed E-state index contributed by atoms with van der Waals surface area (Å²) in [5, 5.41) is 3.20. The van der Waals surface area contributed by atoms with E-state index in [0.717, 1.165) is 23.6 Å². The smallest absolute Gasteiger partial charge is 0.120 e. The van der Waals surface area contributed by atoms with Crippen molar-refractivity contribution in [2.24, 2.45) is 11.8 Å². The van der Waals surface area contributed by atoms with Crippen molar-refractivity contribution in [1.82, 2.24) is 5.32 Å². The average Bonchev–Trinajstić information content (AvgIpc) is 3.04. The number of hydrogen-bond donors (Lipinski definition) is 1. The largest absolute Gasteiger partial charge is 0.489 e. The molecule has 196 valence electrons. The Morgan fingerprint density at radius 1 is 0.914 bits per heavy atom. The van der Waals surface area contributed by atoms with Gasteiger partial charge in [-0.3, -0.25) is 0 Å². The lowest BCUT2D eigenvalue weighted by Gasteiger charge is -2.23. The van der Waals surface area contributed by atoms with Crippen molar-refractivity contribution in [1.29, 1.82) is 0 Å². The highest BCUT2D eigenvalue weighted by Gasteiger charge is 2.21. The van der Waals surface area contributed by atoms with Gasteiger partial charge in [0, 0.05) is 6.04 Å². The summed E-state index contributed by atoms with van der Waals surface area (Å²) in [5.74, 6) is 2.66. The summed E-state index contributed by atoms with van der Waals surface area (Å²) in [6.07, 6.45) is 10.5. The number of fused-ring (bicyclic) bond motifs is 1. The van der Waals surface area contributed by atoms with E-state index in [1.54, 1.807) is 0 Å². The van der Waals surface area contributed by atoms with E-state index in [4.69, 9.17) is 14.3 Å². The maximum atomic E-state index is 8.00. The number of carbonyl (C=O) groups excluding carboxylic acids is 2. The second kappa shape index (κ2) is 20.9. The van der Waals surface area contributed by atoms with Crippen LogP contribution in [0.1, 0.15) is 82.9 Å². The van der Waals surface area contributed by atoms with Crippen molar-refractivity contribution in [2.75, 3.05) is 7.05 Å². The van der Waals surface area contributed by atoms with Crippen molar-refractivity contribution < 1.29 is 14.3 Å². The molecule has 4 rings (SSSR count). The van der Waals surface area contributed by atoms with E-state index in [1.165, 1.54) is 68.1 Å². The molecule has 0 radical (unpaired) electrons. The minimum Gasteiger partial charge on any atom is -0.489 e. The van der Waals surface area contributed by atoms with Gasteiger partial charge >= 0.3 is 0 Å². The standard InChI is InChI=1S/C21H26O.C5H11N.C3H8.2CH2O/c1-3-18-13-19-11-12-21(14-20(19)10-9-16(18)2)22-15-17-7-5-4-6-8-17;1-6-5-3-2-4-5;1-3-2;2*1-2/h4-8,11-12,14,16,18H,3,9-10,13,15H2,1-2H3;5-6H,2-4H2,1H3;3H2,1-2H3;2*1H2/t16?,18-;;;;/m0..../s1. The normalized spacial score (nSPS) is 18.0. The molecule has 2 atom stereocenters. The molecule has 4 nitrogen and oxygen atoms in total. The quantitative estimate of drug-likeness (QED) is 0.456. The van der Waals surface area contributed by atoms with Gasteiger partial charge in [-0.25, -0.2) is 0 Å². The molecule has 1 N–H and O–H groups in total. The number of benzene rings is 2. The van der Waals surface area contributed by atoms with Crippen molar-refractivity contribution >= 4 is 13.6 Å². The number of nitrogens with one attached hydrogen (secondary N) is 1. The van der Waals surface area contributed by atoms with Gasteiger partial charge in [0.2, 0.25) is 0 Å². The van der Waals surface area contributed by atoms with Crippen LogP contribution in [0.15, 0.2) is 48.5 Å². The van der Waals surface area contributed by atoms with Gasteiger partial charge in [0.25, 0.3) is 0 Å². The lowest BCUT2D eigenvalue weighted by Crippen LogP contribution is -2.31. The van der Waals surface area contributed by atoms with Crippen LogP contribution >= 0.6 is 0 Å². The molecule has 0 aliphatic heterocycles. The van der Waals surface area contributed by atoms with Crippen LogP contribution in [0.2, 0.25) is 0 Å². The summed E-state index contributed by atoms with van der Waals surface area (Å²) >= 11 is 0. The van der Waals surface area contributed by atoms with Crippen LogP contribution in [0.25, 0.3) is 0 Å². The monoisotopic (exact) mass is 483 g/mol. The summed E-state index contributed by atoms with van der Waals surface area (Å²) in [7, 11) is 2.03. The molecule has 0 bridgehead atoms.